The topological polar surface area (TPSA) is 41.1 Å². The lowest BCUT2D eigenvalue weighted by atomic mass is 10.1. The van der Waals surface area contributed by atoms with Crippen molar-refractivity contribution < 1.29 is 4.79 Å². The third-order valence-electron chi connectivity index (χ3n) is 4.41. The number of carbonyl (C=O) groups excluding carboxylic acids is 1. The Morgan fingerprint density at radius 2 is 1.87 bits per heavy atom. The fraction of sp³-hybridized carbons (Fsp3) is 0.611. The van der Waals surface area contributed by atoms with E-state index in [1.165, 1.54) is 36.1 Å². The number of aryl methyl sites for hydroxylation is 1. The normalized spacial score (nSPS) is 17.3. The van der Waals surface area contributed by atoms with Crippen molar-refractivity contribution in [3.8, 4) is 0 Å². The third-order valence-corrected chi connectivity index (χ3v) is 5.91. The minimum Gasteiger partial charge on any atom is -0.354 e. The summed E-state index contributed by atoms with van der Waals surface area (Å²) in [6, 6.07) is 8.73. The maximum Gasteiger partial charge on any atom is 0.224 e. The highest BCUT2D eigenvalue weighted by atomic mass is 35.5. The van der Waals surface area contributed by atoms with Gasteiger partial charge in [-0.25, -0.2) is 0 Å². The summed E-state index contributed by atoms with van der Waals surface area (Å²) in [5.74, 6) is 0.179. The van der Waals surface area contributed by atoms with Crippen LogP contribution in [0.2, 0.25) is 0 Å². The van der Waals surface area contributed by atoms with Gasteiger partial charge in [-0.15, -0.1) is 24.2 Å². The second-order valence-electron chi connectivity index (χ2n) is 6.48. The summed E-state index contributed by atoms with van der Waals surface area (Å²) in [6.45, 7) is 5.59. The number of amides is 1. The van der Waals surface area contributed by atoms with Gasteiger partial charge in [-0.1, -0.05) is 37.5 Å². The van der Waals surface area contributed by atoms with Crippen LogP contribution < -0.4 is 10.6 Å². The van der Waals surface area contributed by atoms with E-state index in [1.807, 2.05) is 25.7 Å². The number of rotatable bonds is 7. The molecule has 1 fully saturated rings. The van der Waals surface area contributed by atoms with Crippen LogP contribution in [0, 0.1) is 12.8 Å². The lowest BCUT2D eigenvalue weighted by Gasteiger charge is -2.29. The smallest absolute Gasteiger partial charge is 0.224 e. The van der Waals surface area contributed by atoms with E-state index < -0.39 is 0 Å². The SMILES string of the molecule is CNCC(C)C(=O)NCC1(Sc2ccc(C)cc2)CCCC1.Cl. The summed E-state index contributed by atoms with van der Waals surface area (Å²) in [4.78, 5) is 13.5. The van der Waals surface area contributed by atoms with E-state index in [-0.39, 0.29) is 29.0 Å². The number of hydrogen-bond acceptors (Lipinski definition) is 3. The largest absolute Gasteiger partial charge is 0.354 e. The number of thioether (sulfide) groups is 1. The van der Waals surface area contributed by atoms with Gasteiger partial charge in [-0.2, -0.15) is 0 Å². The van der Waals surface area contributed by atoms with Gasteiger partial charge in [-0.05, 0) is 38.9 Å². The molecule has 2 N–H and O–H groups in total. The molecule has 1 saturated carbocycles. The number of halogens is 1. The van der Waals surface area contributed by atoms with Gasteiger partial charge >= 0.3 is 0 Å². The molecule has 1 aromatic rings. The molecule has 0 aromatic heterocycles. The highest BCUT2D eigenvalue weighted by Crippen LogP contribution is 2.44. The molecular weight excluding hydrogens is 328 g/mol. The Kier molecular flexibility index (Phi) is 8.45. The standard InChI is InChI=1S/C18H28N2OS.ClH/c1-14-6-8-16(9-7-14)22-18(10-4-5-11-18)13-20-17(21)15(2)12-19-3;/h6-9,15,19H,4-5,10-13H2,1-3H3,(H,20,21);1H. The fourth-order valence-electron chi connectivity index (χ4n) is 3.01. The van der Waals surface area contributed by atoms with Crippen LogP contribution in [0.4, 0.5) is 0 Å². The third kappa shape index (κ3) is 6.02. The van der Waals surface area contributed by atoms with Gasteiger partial charge < -0.3 is 10.6 Å². The second kappa shape index (κ2) is 9.55. The minimum atomic E-state index is 0. The Morgan fingerprint density at radius 3 is 2.43 bits per heavy atom. The van der Waals surface area contributed by atoms with Crippen LogP contribution >= 0.6 is 24.2 Å². The molecule has 0 bridgehead atoms. The molecule has 130 valence electrons. The lowest BCUT2D eigenvalue weighted by Crippen LogP contribution is -2.42. The average molecular weight is 357 g/mol. The highest BCUT2D eigenvalue weighted by molar-refractivity contribution is 8.00. The van der Waals surface area contributed by atoms with Gasteiger partial charge in [0.25, 0.3) is 0 Å². The van der Waals surface area contributed by atoms with E-state index in [1.54, 1.807) is 0 Å². The van der Waals surface area contributed by atoms with E-state index in [0.29, 0.717) is 0 Å². The summed E-state index contributed by atoms with van der Waals surface area (Å²) in [5, 5.41) is 6.25. The van der Waals surface area contributed by atoms with Crippen LogP contribution in [-0.2, 0) is 4.79 Å². The summed E-state index contributed by atoms with van der Waals surface area (Å²) < 4.78 is 0.171. The molecule has 2 rings (SSSR count). The zero-order valence-electron chi connectivity index (χ0n) is 14.4. The monoisotopic (exact) mass is 356 g/mol. The molecule has 1 unspecified atom stereocenters. The van der Waals surface area contributed by atoms with E-state index in [0.717, 1.165) is 13.1 Å². The first-order valence-electron chi connectivity index (χ1n) is 8.23. The summed E-state index contributed by atoms with van der Waals surface area (Å²) >= 11 is 1.94. The Bertz CT molecular complexity index is 486. The van der Waals surface area contributed by atoms with Gasteiger partial charge in [0.2, 0.25) is 5.91 Å². The number of nitrogens with one attached hydrogen (secondary N) is 2. The van der Waals surface area contributed by atoms with Crippen molar-refractivity contribution in [3.05, 3.63) is 29.8 Å². The van der Waals surface area contributed by atoms with Gasteiger partial charge in [-0.3, -0.25) is 4.79 Å². The average Bonchev–Trinajstić information content (AvgIpc) is 2.96. The molecule has 23 heavy (non-hydrogen) atoms. The minimum absolute atomic E-state index is 0. The molecule has 1 atom stereocenters. The maximum atomic E-state index is 12.2. The first kappa shape index (κ1) is 20.3. The summed E-state index contributed by atoms with van der Waals surface area (Å²) in [6.07, 6.45) is 4.90. The van der Waals surface area contributed by atoms with Crippen LogP contribution in [0.1, 0.15) is 38.2 Å². The first-order valence-corrected chi connectivity index (χ1v) is 9.04. The molecule has 0 heterocycles. The van der Waals surface area contributed by atoms with E-state index in [9.17, 15) is 4.79 Å². The summed E-state index contributed by atoms with van der Waals surface area (Å²) in [5.41, 5.74) is 1.29. The van der Waals surface area contributed by atoms with Crippen molar-refractivity contribution in [3.63, 3.8) is 0 Å². The van der Waals surface area contributed by atoms with E-state index >= 15 is 0 Å². The van der Waals surface area contributed by atoms with Crippen molar-refractivity contribution in [2.45, 2.75) is 49.2 Å². The molecule has 3 nitrogen and oxygen atoms in total. The molecule has 1 amide bonds. The van der Waals surface area contributed by atoms with Crippen LogP contribution in [0.15, 0.2) is 29.2 Å². The van der Waals surface area contributed by atoms with Crippen LogP contribution in [0.3, 0.4) is 0 Å². The Labute approximate surface area is 150 Å². The molecular formula is C18H29ClN2OS. The van der Waals surface area contributed by atoms with Crippen molar-refractivity contribution in [2.24, 2.45) is 5.92 Å². The fourth-order valence-corrected chi connectivity index (χ4v) is 4.42. The Morgan fingerprint density at radius 1 is 1.26 bits per heavy atom. The van der Waals surface area contributed by atoms with Gasteiger partial charge in [0, 0.05) is 28.6 Å². The zero-order chi connectivity index (χ0) is 16.0. The molecule has 1 aromatic carbocycles. The predicted octanol–water partition coefficient (Wildman–Crippen LogP) is 3.79. The number of carbonyl (C=O) groups is 1. The van der Waals surface area contributed by atoms with Gasteiger partial charge in [0.05, 0.1) is 0 Å². The van der Waals surface area contributed by atoms with Gasteiger partial charge in [0.1, 0.15) is 0 Å². The zero-order valence-corrected chi connectivity index (χ0v) is 16.0. The quantitative estimate of drug-likeness (QED) is 0.780. The van der Waals surface area contributed by atoms with Crippen LogP contribution in [0.5, 0.6) is 0 Å². The molecule has 0 spiro atoms. The van der Waals surface area contributed by atoms with Crippen LogP contribution in [-0.4, -0.2) is 30.8 Å². The summed E-state index contributed by atoms with van der Waals surface area (Å²) in [7, 11) is 1.88. The second-order valence-corrected chi connectivity index (χ2v) is 8.02. The first-order chi connectivity index (χ1) is 10.5. The Hall–Kier alpha value is -0.710. The number of hydrogen-bond donors (Lipinski definition) is 2. The van der Waals surface area contributed by atoms with Crippen molar-refractivity contribution in [1.29, 1.82) is 0 Å². The highest BCUT2D eigenvalue weighted by Gasteiger charge is 2.35. The van der Waals surface area contributed by atoms with Crippen molar-refractivity contribution >= 4 is 30.1 Å². The van der Waals surface area contributed by atoms with Crippen molar-refractivity contribution in [1.82, 2.24) is 10.6 Å². The molecule has 0 saturated heterocycles. The van der Waals surface area contributed by atoms with Crippen LogP contribution in [0.25, 0.3) is 0 Å². The molecule has 1 aliphatic rings. The maximum absolute atomic E-state index is 12.2. The number of benzene rings is 1. The molecule has 0 aliphatic heterocycles. The predicted molar refractivity (Wildman–Crippen MR) is 102 cm³/mol. The van der Waals surface area contributed by atoms with Gasteiger partial charge in [0.15, 0.2) is 0 Å². The lowest BCUT2D eigenvalue weighted by molar-refractivity contribution is -0.124. The molecule has 0 radical (unpaired) electrons. The molecule has 5 heteroatoms. The van der Waals surface area contributed by atoms with Crippen molar-refractivity contribution in [2.75, 3.05) is 20.1 Å². The van der Waals surface area contributed by atoms with E-state index in [2.05, 4.69) is 41.8 Å². The molecule has 1 aliphatic carbocycles. The Balaban J connectivity index is 0.00000264. The van der Waals surface area contributed by atoms with E-state index in [4.69, 9.17) is 0 Å².